The van der Waals surface area contributed by atoms with Gasteiger partial charge in [-0.25, -0.2) is 0 Å². The minimum atomic E-state index is -0.771. The van der Waals surface area contributed by atoms with Crippen molar-refractivity contribution in [3.8, 4) is 0 Å². The van der Waals surface area contributed by atoms with Crippen LogP contribution in [0.1, 0.15) is 30.9 Å². The number of hydrogen-bond donors (Lipinski definition) is 0. The van der Waals surface area contributed by atoms with Gasteiger partial charge in [-0.2, -0.15) is 0 Å². The highest BCUT2D eigenvalue weighted by Gasteiger charge is 2.57. The van der Waals surface area contributed by atoms with Crippen LogP contribution in [-0.2, 0) is 48.2 Å². The Hall–Kier alpha value is -2.79. The van der Waals surface area contributed by atoms with Crippen LogP contribution in [0.15, 0.2) is 73.2 Å². The molecule has 2 fully saturated rings. The van der Waals surface area contributed by atoms with Gasteiger partial charge in [-0.1, -0.05) is 18.2 Å². The molecular weight excluding hydrogens is 462 g/mol. The van der Waals surface area contributed by atoms with Crippen LogP contribution in [0.2, 0.25) is 0 Å². The molecule has 3 aromatic heterocycles. The van der Waals surface area contributed by atoms with E-state index in [9.17, 15) is 0 Å². The average molecular weight is 494 g/mol. The van der Waals surface area contributed by atoms with E-state index >= 15 is 0 Å². The second kappa shape index (κ2) is 11.5. The minimum Gasteiger partial charge on any atom is -0.372 e. The van der Waals surface area contributed by atoms with Crippen molar-refractivity contribution in [2.75, 3.05) is 6.61 Å². The molecule has 190 valence electrons. The summed E-state index contributed by atoms with van der Waals surface area (Å²) in [6, 6.07) is 17.2. The third-order valence-electron chi connectivity index (χ3n) is 5.97. The van der Waals surface area contributed by atoms with Gasteiger partial charge in [-0.3, -0.25) is 15.0 Å². The number of fused-ring (bicyclic) bond motifs is 1. The van der Waals surface area contributed by atoms with Crippen LogP contribution in [0.5, 0.6) is 0 Å². The molecule has 0 spiro atoms. The van der Waals surface area contributed by atoms with Crippen molar-refractivity contribution < 1.29 is 28.4 Å². The Balaban J connectivity index is 1.32. The maximum Gasteiger partial charge on any atom is 0.190 e. The van der Waals surface area contributed by atoms with Crippen LogP contribution >= 0.6 is 0 Å². The normalized spacial score (nSPS) is 25.5. The zero-order valence-corrected chi connectivity index (χ0v) is 20.4. The third kappa shape index (κ3) is 6.31. The number of rotatable bonds is 11. The fourth-order valence-corrected chi connectivity index (χ4v) is 4.34. The number of hydrogen-bond acceptors (Lipinski definition) is 9. The van der Waals surface area contributed by atoms with Gasteiger partial charge >= 0.3 is 0 Å². The van der Waals surface area contributed by atoms with Gasteiger partial charge in [0.1, 0.15) is 24.4 Å². The number of ether oxygens (including phenoxy) is 6. The van der Waals surface area contributed by atoms with Crippen molar-refractivity contribution in [2.45, 2.75) is 70.2 Å². The molecule has 5 atom stereocenters. The van der Waals surface area contributed by atoms with E-state index in [1.165, 1.54) is 0 Å². The lowest BCUT2D eigenvalue weighted by atomic mass is 10.1. The van der Waals surface area contributed by atoms with Crippen LogP contribution in [0.4, 0.5) is 0 Å². The molecule has 0 N–H and O–H groups in total. The molecule has 2 aliphatic heterocycles. The largest absolute Gasteiger partial charge is 0.372 e. The highest BCUT2D eigenvalue weighted by atomic mass is 16.8. The first-order chi connectivity index (χ1) is 17.6. The molecule has 0 radical (unpaired) electrons. The van der Waals surface area contributed by atoms with Gasteiger partial charge in [0.15, 0.2) is 12.1 Å². The Morgan fingerprint density at radius 2 is 1.42 bits per heavy atom. The molecule has 0 aliphatic carbocycles. The predicted molar refractivity (Wildman–Crippen MR) is 128 cm³/mol. The standard InChI is InChI=1S/C27H31N3O6/c1-27(2)35-25-24(33-17-21-11-5-8-14-30-21)23(34-26(25)36-27)22(32-16-20-10-4-7-13-29-20)18-31-15-19-9-3-6-12-28-19/h3-14,22-26H,15-18H2,1-2H3/t22-,23-,24+,25-,26-/m0/s1. The fraction of sp³-hybridized carbons (Fsp3) is 0.444. The highest BCUT2D eigenvalue weighted by Crippen LogP contribution is 2.40. The summed E-state index contributed by atoms with van der Waals surface area (Å²) >= 11 is 0. The van der Waals surface area contributed by atoms with Gasteiger partial charge < -0.3 is 28.4 Å². The van der Waals surface area contributed by atoms with Crippen LogP contribution in [0.3, 0.4) is 0 Å². The lowest BCUT2D eigenvalue weighted by molar-refractivity contribution is -0.238. The molecule has 2 saturated heterocycles. The monoisotopic (exact) mass is 493 g/mol. The van der Waals surface area contributed by atoms with Gasteiger partial charge in [-0.05, 0) is 50.2 Å². The summed E-state index contributed by atoms with van der Waals surface area (Å²) in [7, 11) is 0. The molecule has 3 aromatic rings. The second-order valence-electron chi connectivity index (χ2n) is 9.17. The molecule has 36 heavy (non-hydrogen) atoms. The predicted octanol–water partition coefficient (Wildman–Crippen LogP) is 3.44. The molecule has 9 nitrogen and oxygen atoms in total. The first-order valence-electron chi connectivity index (χ1n) is 12.1. The average Bonchev–Trinajstić information content (AvgIpc) is 3.38. The summed E-state index contributed by atoms with van der Waals surface area (Å²) in [4.78, 5) is 13.1. The summed E-state index contributed by atoms with van der Waals surface area (Å²) < 4.78 is 37.2. The number of nitrogens with zero attached hydrogens (tertiary/aromatic N) is 3. The van der Waals surface area contributed by atoms with Gasteiger partial charge in [0.2, 0.25) is 0 Å². The zero-order chi connectivity index (χ0) is 24.8. The third-order valence-corrected chi connectivity index (χ3v) is 5.97. The molecule has 0 bridgehead atoms. The Labute approximate surface area is 210 Å². The molecule has 0 unspecified atom stereocenters. The van der Waals surface area contributed by atoms with E-state index in [-0.39, 0.29) is 6.61 Å². The van der Waals surface area contributed by atoms with Crippen LogP contribution < -0.4 is 0 Å². The van der Waals surface area contributed by atoms with Crippen molar-refractivity contribution >= 4 is 0 Å². The van der Waals surface area contributed by atoms with Crippen molar-refractivity contribution in [3.05, 3.63) is 90.3 Å². The molecule has 0 aromatic carbocycles. The summed E-state index contributed by atoms with van der Waals surface area (Å²) in [5.41, 5.74) is 2.46. The van der Waals surface area contributed by atoms with Gasteiger partial charge in [-0.15, -0.1) is 0 Å². The topological polar surface area (TPSA) is 94.1 Å². The van der Waals surface area contributed by atoms with E-state index in [4.69, 9.17) is 28.4 Å². The summed E-state index contributed by atoms with van der Waals surface area (Å²) in [6.07, 6.45) is 2.83. The van der Waals surface area contributed by atoms with Crippen LogP contribution in [-0.4, -0.2) is 58.1 Å². The van der Waals surface area contributed by atoms with Gasteiger partial charge in [0.05, 0.1) is 43.5 Å². The van der Waals surface area contributed by atoms with Crippen molar-refractivity contribution in [3.63, 3.8) is 0 Å². The van der Waals surface area contributed by atoms with E-state index in [2.05, 4.69) is 15.0 Å². The summed E-state index contributed by atoms with van der Waals surface area (Å²) in [6.45, 7) is 4.95. The Kier molecular flexibility index (Phi) is 7.96. The molecule has 9 heteroatoms. The first kappa shape index (κ1) is 24.9. The van der Waals surface area contributed by atoms with Crippen LogP contribution in [0, 0.1) is 0 Å². The van der Waals surface area contributed by atoms with Gasteiger partial charge in [0, 0.05) is 18.6 Å². The van der Waals surface area contributed by atoms with Crippen molar-refractivity contribution in [1.29, 1.82) is 0 Å². The first-order valence-corrected chi connectivity index (χ1v) is 12.1. The molecule has 5 rings (SSSR count). The van der Waals surface area contributed by atoms with E-state index in [0.29, 0.717) is 19.8 Å². The van der Waals surface area contributed by atoms with E-state index in [0.717, 1.165) is 17.1 Å². The van der Waals surface area contributed by atoms with E-state index in [1.807, 2.05) is 68.4 Å². The molecular formula is C27H31N3O6. The fourth-order valence-electron chi connectivity index (χ4n) is 4.34. The highest BCUT2D eigenvalue weighted by molar-refractivity contribution is 5.05. The lowest BCUT2D eigenvalue weighted by Gasteiger charge is -2.31. The maximum absolute atomic E-state index is 6.35. The van der Waals surface area contributed by atoms with E-state index < -0.39 is 36.5 Å². The Morgan fingerprint density at radius 3 is 2.03 bits per heavy atom. The summed E-state index contributed by atoms with van der Waals surface area (Å²) in [5.74, 6) is -0.771. The molecule has 0 saturated carbocycles. The number of pyridine rings is 3. The van der Waals surface area contributed by atoms with Crippen molar-refractivity contribution in [1.82, 2.24) is 15.0 Å². The zero-order valence-electron chi connectivity index (χ0n) is 20.4. The molecule has 2 aliphatic rings. The van der Waals surface area contributed by atoms with E-state index in [1.54, 1.807) is 18.6 Å². The SMILES string of the molecule is CC1(C)O[C@@H]2O[C@@H]([C@H](COCc3ccccn3)OCc3ccccn3)[C@@H](OCc3ccccn3)[C@@H]2O1. The molecule has 0 amide bonds. The second-order valence-corrected chi connectivity index (χ2v) is 9.17. The van der Waals surface area contributed by atoms with Crippen LogP contribution in [0.25, 0.3) is 0 Å². The quantitative estimate of drug-likeness (QED) is 0.398. The minimum absolute atomic E-state index is 0.264. The maximum atomic E-state index is 6.35. The Morgan fingerprint density at radius 1 is 0.806 bits per heavy atom. The number of aromatic nitrogens is 3. The lowest BCUT2D eigenvalue weighted by Crippen LogP contribution is -2.45. The molecule has 5 heterocycles. The summed E-state index contributed by atoms with van der Waals surface area (Å²) in [5, 5.41) is 0. The smallest absolute Gasteiger partial charge is 0.190 e. The Bertz CT molecular complexity index is 1070. The van der Waals surface area contributed by atoms with Crippen molar-refractivity contribution in [2.24, 2.45) is 0 Å². The van der Waals surface area contributed by atoms with Gasteiger partial charge in [0.25, 0.3) is 0 Å².